The number of aromatic nitrogens is 8. The zero-order valence-electron chi connectivity index (χ0n) is 74.5. The molecule has 8 aromatic rings. The Labute approximate surface area is 735 Å². The number of carbonyl (C=O) groups is 2. The highest BCUT2D eigenvalue weighted by Gasteiger charge is 2.50. The number of hydrogen-bond donors (Lipinski definition) is 15. The van der Waals surface area contributed by atoms with Gasteiger partial charge in [0.25, 0.3) is 0 Å². The van der Waals surface area contributed by atoms with Crippen LogP contribution >= 0.6 is 0 Å². The number of ether oxygens (including phenoxy) is 13. The zero-order chi connectivity index (χ0) is 93.3. The average Bonchev–Trinajstić information content (AvgIpc) is 1.69. The Hall–Kier alpha value is -9.53. The van der Waals surface area contributed by atoms with E-state index in [4.69, 9.17) is 52.1 Å². The van der Waals surface area contributed by atoms with Gasteiger partial charge in [0, 0.05) is 88.8 Å². The molecule has 0 amide bonds. The van der Waals surface area contributed by atoms with Crippen molar-refractivity contribution in [2.24, 2.45) is 0 Å². The molecule has 4 aliphatic rings. The molecule has 4 fully saturated rings. The summed E-state index contributed by atoms with van der Waals surface area (Å²) >= 11 is 0. The molecule has 702 valence electrons. The number of aliphatic hydroxyl groups is 14. The van der Waals surface area contributed by atoms with Crippen LogP contribution in [0, 0.1) is 40.4 Å². The van der Waals surface area contributed by atoms with Gasteiger partial charge in [-0.1, -0.05) is 86.6 Å². The number of H-pyrrole nitrogens is 1. The number of aliphatic hydroxyl groups excluding tert-OH is 14. The third kappa shape index (κ3) is 25.5. The maximum atomic E-state index is 14.1. The van der Waals surface area contributed by atoms with Crippen LogP contribution in [0.25, 0.3) is 0 Å². The van der Waals surface area contributed by atoms with E-state index in [1.54, 1.807) is 23.7 Å². The third-order valence-electron chi connectivity index (χ3n) is 22.1. The van der Waals surface area contributed by atoms with E-state index >= 15 is 0 Å². The summed E-state index contributed by atoms with van der Waals surface area (Å²) in [6.45, 7) is 27.4. The quantitative estimate of drug-likeness (QED) is 0.0273. The number of hydrogen-bond acceptors (Lipinski definition) is 33. The summed E-state index contributed by atoms with van der Waals surface area (Å²) in [5.74, 6) is 1.36. The number of aryl methyl sites for hydroxylation is 4. The van der Waals surface area contributed by atoms with Crippen molar-refractivity contribution in [3.63, 3.8) is 0 Å². The highest BCUT2D eigenvalue weighted by molar-refractivity contribution is 5.60. The topological polar surface area (TPSA) is 519 Å². The molecule has 127 heavy (non-hydrogen) atoms. The van der Waals surface area contributed by atoms with E-state index in [-0.39, 0.29) is 47.7 Å². The standard InChI is InChI=1S/C24H34N2O8.C23H31FN2O8.C22H32N2O6.C20H28N2O7/c1-6-15-7-9-16(10-8-15)11-17-14(4)26(13(2)3)25-22(17)34-23-21(29)20(28)19(27)18(33-23)12-32-24(30)31-5;1-11(2)26-13(4)15(8-14-7-6-12(3)16(24)9-14)21(25-26)34-22-20(29)19(28)18(27)17(33-22)10-32-23(30)31-5;1-5-14-6-8-15(9-7-14)10-16-13(4)24(12(2)3)23-21(16)30-22-20(28)19(27)18(26)17(11-25)29-22;1-10(2)27-13-6-4-12(5-7-13)8-14-11(3)21-22-19(14)29-20-18(26)17(25)16(24)15(9-23)28-20/h7-10,13,18-21,23,27-29H,6,11-12H2,1-5H3;6-7,9,11,17-20,22,27-29H,8,10H2,1-5H3;6-9,12,17-20,22,25-28H,5,10-11H2,1-4H3;4-7,10,15-18,20,23-26H,8-9H2,1-3H3,(H,21,22)/t18-,19-,20+,21-,23+;2*17-,18-,19+,20-,22+;15-,16-,17+,18-,20+/m1111/s1. The maximum absolute atomic E-state index is 14.1. The molecular formula is C89H125FN8O29. The molecule has 0 unspecified atom stereocenters. The molecule has 15 N–H and O–H groups in total. The molecule has 0 saturated carbocycles. The van der Waals surface area contributed by atoms with Gasteiger partial charge in [0.1, 0.15) is 122 Å². The second kappa shape index (κ2) is 46.1. The molecule has 12 rings (SSSR count). The molecule has 4 saturated heterocycles. The highest BCUT2D eigenvalue weighted by Crippen LogP contribution is 2.37. The zero-order valence-corrected chi connectivity index (χ0v) is 74.5. The predicted octanol–water partition coefficient (Wildman–Crippen LogP) is 5.05. The predicted molar refractivity (Wildman–Crippen MR) is 452 cm³/mol. The second-order valence-electron chi connectivity index (χ2n) is 32.7. The highest BCUT2D eigenvalue weighted by atomic mass is 19.1. The molecule has 37 nitrogen and oxygen atoms in total. The van der Waals surface area contributed by atoms with Crippen molar-refractivity contribution < 1.29 is 147 Å². The van der Waals surface area contributed by atoms with E-state index in [1.165, 1.54) is 17.2 Å². The van der Waals surface area contributed by atoms with Crippen molar-refractivity contribution in [3.05, 3.63) is 181 Å². The first-order chi connectivity index (χ1) is 60.2. The number of benzene rings is 4. The van der Waals surface area contributed by atoms with Crippen molar-refractivity contribution in [3.8, 4) is 29.3 Å². The van der Waals surface area contributed by atoms with Crippen LogP contribution in [0.2, 0.25) is 0 Å². The molecule has 38 heteroatoms. The van der Waals surface area contributed by atoms with E-state index < -0.39 is 162 Å². The number of nitrogens with zero attached hydrogens (tertiary/aromatic N) is 7. The van der Waals surface area contributed by atoms with Crippen LogP contribution in [0.4, 0.5) is 14.0 Å². The monoisotopic (exact) mass is 1790 g/mol. The van der Waals surface area contributed by atoms with Crippen molar-refractivity contribution in [2.45, 2.75) is 289 Å². The van der Waals surface area contributed by atoms with Gasteiger partial charge in [0.2, 0.25) is 48.7 Å². The Morgan fingerprint density at radius 1 is 0.409 bits per heavy atom. The molecule has 0 radical (unpaired) electrons. The number of aromatic amines is 1. The molecule has 4 aliphatic heterocycles. The Kier molecular flexibility index (Phi) is 36.8. The molecule has 0 spiro atoms. The van der Waals surface area contributed by atoms with Gasteiger partial charge in [-0.2, -0.15) is 0 Å². The first kappa shape index (κ1) is 101. The van der Waals surface area contributed by atoms with Crippen molar-refractivity contribution in [1.82, 2.24) is 39.5 Å². The van der Waals surface area contributed by atoms with E-state index in [2.05, 4.69) is 97.3 Å². The first-order valence-electron chi connectivity index (χ1n) is 42.3. The SMILES string of the molecule is CCc1ccc(Cc2c(O[C@@H]3O[C@H](CO)[C@@H](O)[C@H](O)[C@H]3O)nn(C(C)C)c2C)cc1.CCc1ccc(Cc2c(O[C@@H]3O[C@H](COC(=O)OC)[C@@H](O)[C@H](O)[C@H]3O)nn(C(C)C)c2C)cc1.COC(=O)OC[C@H]1O[C@@H](Oc2nn(C(C)C)c(C)c2Cc2ccc(C)c(F)c2)[C@H](O)[C@@H](O)[C@@H]1O.Cc1[nH]nc(O[C@@H]2O[C@H](CO)[C@@H](O)[C@H](O)[C@H]2O)c1Cc1ccc(OC(C)C)cc1. The van der Waals surface area contributed by atoms with E-state index in [1.807, 2.05) is 117 Å². The Morgan fingerprint density at radius 2 is 0.709 bits per heavy atom. The van der Waals surface area contributed by atoms with Gasteiger partial charge < -0.3 is 133 Å². The van der Waals surface area contributed by atoms with Crippen LogP contribution in [0.15, 0.2) is 91.0 Å². The Bertz CT molecular complexity index is 4770. The summed E-state index contributed by atoms with van der Waals surface area (Å²) in [5, 5.41) is 162. The molecule has 4 aromatic heterocycles. The minimum absolute atomic E-state index is 0.0170. The van der Waals surface area contributed by atoms with Gasteiger partial charge in [-0.3, -0.25) is 19.1 Å². The lowest BCUT2D eigenvalue weighted by Crippen LogP contribution is -2.60. The number of nitrogens with one attached hydrogen (secondary N) is 1. The van der Waals surface area contributed by atoms with Crippen molar-refractivity contribution in [1.29, 1.82) is 0 Å². The number of methoxy groups -OCH3 is 2. The van der Waals surface area contributed by atoms with Gasteiger partial charge >= 0.3 is 12.3 Å². The van der Waals surface area contributed by atoms with E-state index in [0.29, 0.717) is 48.3 Å². The molecular weight excluding hydrogens is 1660 g/mol. The van der Waals surface area contributed by atoms with Gasteiger partial charge in [0.15, 0.2) is 0 Å². The van der Waals surface area contributed by atoms with E-state index in [9.17, 15) is 85.5 Å². The summed E-state index contributed by atoms with van der Waals surface area (Å²) in [7, 11) is 2.27. The third-order valence-corrected chi connectivity index (χ3v) is 22.1. The van der Waals surface area contributed by atoms with Crippen LogP contribution in [0.3, 0.4) is 0 Å². The van der Waals surface area contributed by atoms with Crippen LogP contribution in [0.5, 0.6) is 29.3 Å². The minimum Gasteiger partial charge on any atom is -0.491 e. The lowest BCUT2D eigenvalue weighted by atomic mass is 9.99. The van der Waals surface area contributed by atoms with Gasteiger partial charge in [0.05, 0.1) is 33.5 Å². The van der Waals surface area contributed by atoms with Gasteiger partial charge in [-0.15, -0.1) is 20.4 Å². The van der Waals surface area contributed by atoms with Crippen LogP contribution in [-0.4, -0.2) is 293 Å². The first-order valence-corrected chi connectivity index (χ1v) is 42.3. The summed E-state index contributed by atoms with van der Waals surface area (Å²) in [6.07, 6.45) is -26.0. The summed E-state index contributed by atoms with van der Waals surface area (Å²) in [6, 6.07) is 29.3. The second-order valence-corrected chi connectivity index (χ2v) is 32.7. The summed E-state index contributed by atoms with van der Waals surface area (Å²) in [5.41, 5.74) is 13.4. The van der Waals surface area contributed by atoms with Gasteiger partial charge in [-0.25, -0.2) is 14.0 Å². The van der Waals surface area contributed by atoms with E-state index in [0.717, 1.165) is 89.0 Å². The fourth-order valence-electron chi connectivity index (χ4n) is 14.5. The van der Waals surface area contributed by atoms with Crippen LogP contribution in [0.1, 0.15) is 171 Å². The molecule has 4 aromatic carbocycles. The lowest BCUT2D eigenvalue weighted by Gasteiger charge is -2.39. The van der Waals surface area contributed by atoms with Crippen LogP contribution in [-0.2, 0) is 76.4 Å². The minimum atomic E-state index is -1.63. The largest absolute Gasteiger partial charge is 0.508 e. The fourth-order valence-corrected chi connectivity index (χ4v) is 14.5. The van der Waals surface area contributed by atoms with Crippen LogP contribution < -0.4 is 23.7 Å². The molecule has 0 bridgehead atoms. The molecule has 20 atom stereocenters. The summed E-state index contributed by atoms with van der Waals surface area (Å²) < 4.78 is 89.2. The molecule has 0 aliphatic carbocycles. The summed E-state index contributed by atoms with van der Waals surface area (Å²) in [4.78, 5) is 22.6. The van der Waals surface area contributed by atoms with Crippen molar-refractivity contribution >= 4 is 12.3 Å². The Morgan fingerprint density at radius 3 is 1.02 bits per heavy atom. The fraction of sp³-hybridized carbons (Fsp3) is 0.573. The normalized spacial score (nSPS) is 25.9. The smallest absolute Gasteiger partial charge is 0.491 e. The lowest BCUT2D eigenvalue weighted by molar-refractivity contribution is -0.278. The Balaban J connectivity index is 0.000000192. The number of halogens is 1. The van der Waals surface area contributed by atoms with Gasteiger partial charge in [-0.05, 0) is 160 Å². The average molecular weight is 1790 g/mol. The van der Waals surface area contributed by atoms with Crippen molar-refractivity contribution in [2.75, 3.05) is 40.6 Å². The maximum Gasteiger partial charge on any atom is 0.508 e. The number of rotatable bonds is 29. The molecule has 8 heterocycles. The number of carbonyl (C=O) groups excluding carboxylic acids is 2.